The number of hydrogen-bond donors (Lipinski definition) is 1. The molecule has 0 spiro atoms. The van der Waals surface area contributed by atoms with Gasteiger partial charge in [0.1, 0.15) is 6.07 Å². The van der Waals surface area contributed by atoms with E-state index in [1.807, 2.05) is 23.8 Å². The zero-order valence-corrected chi connectivity index (χ0v) is 11.9. The molecule has 0 aliphatic carbocycles. The van der Waals surface area contributed by atoms with Crippen LogP contribution in [0.4, 0.5) is 0 Å². The van der Waals surface area contributed by atoms with Gasteiger partial charge in [0.15, 0.2) is 0 Å². The third-order valence-corrected chi connectivity index (χ3v) is 5.08. The summed E-state index contributed by atoms with van der Waals surface area (Å²) in [5.41, 5.74) is 2.15. The summed E-state index contributed by atoms with van der Waals surface area (Å²) in [7, 11) is -3.66. The van der Waals surface area contributed by atoms with Gasteiger partial charge in [-0.2, -0.15) is 16.6 Å². The molecule has 98 valence electrons. The van der Waals surface area contributed by atoms with Crippen molar-refractivity contribution in [3.8, 4) is 6.07 Å². The van der Waals surface area contributed by atoms with Crippen molar-refractivity contribution < 1.29 is 8.42 Å². The summed E-state index contributed by atoms with van der Waals surface area (Å²) in [6.45, 7) is 2.17. The first-order chi connectivity index (χ1) is 9.04. The van der Waals surface area contributed by atoms with Crippen molar-refractivity contribution >= 4 is 21.4 Å². The molecule has 1 aromatic heterocycles. The maximum Gasteiger partial charge on any atom is 0.242 e. The van der Waals surface area contributed by atoms with Crippen LogP contribution in [-0.2, 0) is 16.6 Å². The molecule has 1 heterocycles. The van der Waals surface area contributed by atoms with Crippen LogP contribution in [0.15, 0.2) is 39.9 Å². The molecule has 0 saturated carbocycles. The molecule has 0 amide bonds. The van der Waals surface area contributed by atoms with E-state index < -0.39 is 10.0 Å². The van der Waals surface area contributed by atoms with E-state index in [-0.39, 0.29) is 17.0 Å². The van der Waals surface area contributed by atoms with Crippen molar-refractivity contribution in [1.82, 2.24) is 4.72 Å². The van der Waals surface area contributed by atoms with Gasteiger partial charge in [-0.1, -0.05) is 12.1 Å². The van der Waals surface area contributed by atoms with Gasteiger partial charge < -0.3 is 0 Å². The van der Waals surface area contributed by atoms with Gasteiger partial charge >= 0.3 is 0 Å². The first-order valence-electron chi connectivity index (χ1n) is 5.55. The van der Waals surface area contributed by atoms with Crippen molar-refractivity contribution in [3.05, 3.63) is 51.7 Å². The van der Waals surface area contributed by atoms with E-state index in [0.29, 0.717) is 0 Å². The fourth-order valence-corrected chi connectivity index (χ4v) is 3.63. The minimum atomic E-state index is -3.66. The number of benzene rings is 1. The fourth-order valence-electron chi connectivity index (χ4n) is 1.61. The summed E-state index contributed by atoms with van der Waals surface area (Å²) in [6, 6.07) is 8.05. The van der Waals surface area contributed by atoms with E-state index in [0.717, 1.165) is 11.1 Å². The van der Waals surface area contributed by atoms with Gasteiger partial charge in [0.25, 0.3) is 0 Å². The highest BCUT2D eigenvalue weighted by Gasteiger charge is 2.18. The fraction of sp³-hybridized carbons (Fsp3) is 0.154. The molecule has 0 aliphatic heterocycles. The number of rotatable bonds is 4. The zero-order valence-electron chi connectivity index (χ0n) is 10.3. The van der Waals surface area contributed by atoms with Gasteiger partial charge in [0, 0.05) is 6.54 Å². The largest absolute Gasteiger partial charge is 0.242 e. The number of thiophene rings is 1. The maximum atomic E-state index is 12.2. The van der Waals surface area contributed by atoms with Gasteiger partial charge in [-0.25, -0.2) is 13.1 Å². The van der Waals surface area contributed by atoms with Gasteiger partial charge in [-0.15, -0.1) is 0 Å². The summed E-state index contributed by atoms with van der Waals surface area (Å²) in [5.74, 6) is 0. The number of nitrogens with one attached hydrogen (secondary N) is 1. The molecule has 0 unspecified atom stereocenters. The van der Waals surface area contributed by atoms with Crippen LogP contribution in [-0.4, -0.2) is 8.42 Å². The van der Waals surface area contributed by atoms with E-state index in [2.05, 4.69) is 4.72 Å². The highest BCUT2D eigenvalue weighted by molar-refractivity contribution is 7.89. The number of aryl methyl sites for hydroxylation is 1. The lowest BCUT2D eigenvalue weighted by atomic mass is 10.2. The molecule has 0 saturated heterocycles. The molecule has 0 bridgehead atoms. The van der Waals surface area contributed by atoms with Crippen molar-refractivity contribution in [3.63, 3.8) is 0 Å². The summed E-state index contributed by atoms with van der Waals surface area (Å²) >= 11 is 1.53. The third kappa shape index (κ3) is 3.01. The van der Waals surface area contributed by atoms with Crippen molar-refractivity contribution in [1.29, 1.82) is 5.26 Å². The molecule has 0 fully saturated rings. The quantitative estimate of drug-likeness (QED) is 0.940. The Morgan fingerprint density at radius 1 is 1.32 bits per heavy atom. The second kappa shape index (κ2) is 5.53. The highest BCUT2D eigenvalue weighted by Crippen LogP contribution is 2.17. The molecule has 19 heavy (non-hydrogen) atoms. The van der Waals surface area contributed by atoms with Crippen LogP contribution in [0.3, 0.4) is 0 Å². The summed E-state index contributed by atoms with van der Waals surface area (Å²) in [6.07, 6.45) is 0. The minimum Gasteiger partial charge on any atom is -0.207 e. The van der Waals surface area contributed by atoms with Crippen molar-refractivity contribution in [2.75, 3.05) is 0 Å². The van der Waals surface area contributed by atoms with Gasteiger partial charge in [0.2, 0.25) is 10.0 Å². The average molecular weight is 292 g/mol. The summed E-state index contributed by atoms with van der Waals surface area (Å²) < 4.78 is 26.8. The first kappa shape index (κ1) is 13.7. The molecular formula is C13H12N2O2S2. The number of nitriles is 1. The Bertz CT molecular complexity index is 727. The summed E-state index contributed by atoms with van der Waals surface area (Å²) in [5, 5.41) is 12.8. The lowest BCUT2D eigenvalue weighted by Crippen LogP contribution is -2.24. The van der Waals surface area contributed by atoms with Gasteiger partial charge in [-0.05, 0) is 40.9 Å². The standard InChI is InChI=1S/C13H12N2O2S2/c1-10-8-18-9-12(10)7-15-19(16,17)13-5-3-2-4-11(13)6-14/h2-5,8-9,15H,7H2,1H3. The van der Waals surface area contributed by atoms with E-state index >= 15 is 0 Å². The Hall–Kier alpha value is -1.68. The van der Waals surface area contributed by atoms with Gasteiger partial charge in [-0.3, -0.25) is 0 Å². The van der Waals surface area contributed by atoms with Crippen LogP contribution in [0, 0.1) is 18.3 Å². The molecule has 4 nitrogen and oxygen atoms in total. The Morgan fingerprint density at radius 2 is 2.05 bits per heavy atom. The first-order valence-corrected chi connectivity index (χ1v) is 7.97. The molecule has 0 aliphatic rings. The van der Waals surface area contributed by atoms with Crippen LogP contribution in [0.1, 0.15) is 16.7 Å². The van der Waals surface area contributed by atoms with Crippen molar-refractivity contribution in [2.45, 2.75) is 18.4 Å². The Balaban J connectivity index is 2.24. The van der Waals surface area contributed by atoms with Gasteiger partial charge in [0.05, 0.1) is 10.5 Å². The maximum absolute atomic E-state index is 12.2. The minimum absolute atomic E-state index is 0.0189. The van der Waals surface area contributed by atoms with Crippen LogP contribution in [0.5, 0.6) is 0 Å². The molecule has 0 radical (unpaired) electrons. The second-order valence-electron chi connectivity index (χ2n) is 4.01. The van der Waals surface area contributed by atoms with Crippen LogP contribution in [0.25, 0.3) is 0 Å². The summed E-state index contributed by atoms with van der Waals surface area (Å²) in [4.78, 5) is 0.0189. The van der Waals surface area contributed by atoms with Crippen molar-refractivity contribution in [2.24, 2.45) is 0 Å². The predicted octanol–water partition coefficient (Wildman–Crippen LogP) is 2.41. The lowest BCUT2D eigenvalue weighted by Gasteiger charge is -2.07. The van der Waals surface area contributed by atoms with Crippen LogP contribution in [0.2, 0.25) is 0 Å². The second-order valence-corrected chi connectivity index (χ2v) is 6.49. The number of hydrogen-bond acceptors (Lipinski definition) is 4. The number of nitrogens with zero attached hydrogens (tertiary/aromatic N) is 1. The van der Waals surface area contributed by atoms with E-state index in [1.165, 1.54) is 23.5 Å². The van der Waals surface area contributed by atoms with Crippen LogP contribution < -0.4 is 4.72 Å². The lowest BCUT2D eigenvalue weighted by molar-refractivity contribution is 0.581. The van der Waals surface area contributed by atoms with E-state index in [1.54, 1.807) is 12.1 Å². The zero-order chi connectivity index (χ0) is 13.9. The van der Waals surface area contributed by atoms with E-state index in [9.17, 15) is 8.42 Å². The normalized spacial score (nSPS) is 11.2. The average Bonchev–Trinajstić information content (AvgIpc) is 2.82. The number of sulfonamides is 1. The monoisotopic (exact) mass is 292 g/mol. The molecule has 1 N–H and O–H groups in total. The Morgan fingerprint density at radius 3 is 2.68 bits per heavy atom. The molecule has 1 aromatic carbocycles. The molecule has 2 aromatic rings. The van der Waals surface area contributed by atoms with E-state index in [4.69, 9.17) is 5.26 Å². The Labute approximate surface area is 116 Å². The topological polar surface area (TPSA) is 70.0 Å². The molecule has 6 heteroatoms. The SMILES string of the molecule is Cc1cscc1CNS(=O)(=O)c1ccccc1C#N. The smallest absolute Gasteiger partial charge is 0.207 e. The van der Waals surface area contributed by atoms with Crippen LogP contribution >= 0.6 is 11.3 Å². The molecular weight excluding hydrogens is 280 g/mol. The Kier molecular flexibility index (Phi) is 4.00. The molecule has 2 rings (SSSR count). The third-order valence-electron chi connectivity index (χ3n) is 2.71. The molecule has 0 atom stereocenters. The predicted molar refractivity (Wildman–Crippen MR) is 74.2 cm³/mol. The highest BCUT2D eigenvalue weighted by atomic mass is 32.2.